The first-order chi connectivity index (χ1) is 27.6. The van der Waals surface area contributed by atoms with E-state index < -0.39 is 0 Å². The highest BCUT2D eigenvalue weighted by Gasteiger charge is 2.23. The minimum Gasteiger partial charge on any atom is -0.455 e. The number of furan rings is 1. The number of aliphatic imine (C=N–C) groups is 1. The van der Waals surface area contributed by atoms with E-state index in [0.717, 1.165) is 60.5 Å². The van der Waals surface area contributed by atoms with Gasteiger partial charge in [0.25, 0.3) is 0 Å². The molecule has 0 bridgehead atoms. The van der Waals surface area contributed by atoms with Crippen molar-refractivity contribution in [1.82, 2.24) is 4.57 Å². The fourth-order valence-corrected chi connectivity index (χ4v) is 8.50. The molecule has 0 amide bonds. The van der Waals surface area contributed by atoms with Crippen LogP contribution in [0.25, 0.3) is 93.1 Å². The molecule has 0 unspecified atom stereocenters. The highest BCUT2D eigenvalue weighted by atomic mass is 16.3. The lowest BCUT2D eigenvalue weighted by Gasteiger charge is -2.14. The summed E-state index contributed by atoms with van der Waals surface area (Å²) in [5, 5.41) is 11.5. The number of benzene rings is 9. The molecule has 0 aliphatic heterocycles. The molecular formula is C51H34N4O. The maximum atomic E-state index is 7.43. The van der Waals surface area contributed by atoms with Gasteiger partial charge in [-0.25, -0.2) is 4.99 Å². The van der Waals surface area contributed by atoms with Gasteiger partial charge < -0.3 is 20.5 Å². The van der Waals surface area contributed by atoms with E-state index in [1.54, 1.807) is 0 Å². The van der Waals surface area contributed by atoms with Gasteiger partial charge in [0.2, 0.25) is 0 Å². The first-order valence-corrected chi connectivity index (χ1v) is 18.8. The van der Waals surface area contributed by atoms with E-state index in [0.29, 0.717) is 22.8 Å². The number of fused-ring (bicyclic) bond motifs is 11. The number of hydrogen-bond acceptors (Lipinski definition) is 3. The molecule has 0 saturated carbocycles. The van der Waals surface area contributed by atoms with Gasteiger partial charge in [-0.3, -0.25) is 0 Å². The maximum Gasteiger partial charge on any atom is 0.144 e. The van der Waals surface area contributed by atoms with Crippen molar-refractivity contribution in [3.05, 3.63) is 199 Å². The lowest BCUT2D eigenvalue weighted by molar-refractivity contribution is 0.668. The van der Waals surface area contributed by atoms with Crippen molar-refractivity contribution in [3.8, 4) is 5.69 Å². The second-order valence-electron chi connectivity index (χ2n) is 14.4. The van der Waals surface area contributed by atoms with E-state index in [1.807, 2.05) is 60.7 Å². The zero-order valence-electron chi connectivity index (χ0n) is 30.3. The molecule has 0 saturated heterocycles. The van der Waals surface area contributed by atoms with Crippen LogP contribution in [0.4, 0.5) is 0 Å². The number of nitrogens with zero attached hydrogens (tertiary/aromatic N) is 2. The molecule has 11 aromatic rings. The van der Waals surface area contributed by atoms with Gasteiger partial charge >= 0.3 is 0 Å². The smallest absolute Gasteiger partial charge is 0.144 e. The van der Waals surface area contributed by atoms with Gasteiger partial charge in [0.05, 0.1) is 22.4 Å². The Morgan fingerprint density at radius 3 is 1.62 bits per heavy atom. The summed E-state index contributed by atoms with van der Waals surface area (Å²) in [7, 11) is 0. The van der Waals surface area contributed by atoms with E-state index in [2.05, 4.69) is 126 Å². The molecule has 4 N–H and O–H groups in total. The molecule has 11 rings (SSSR count). The minimum atomic E-state index is 0.372. The van der Waals surface area contributed by atoms with Crippen LogP contribution in [0.15, 0.2) is 191 Å². The Balaban J connectivity index is 1.29. The third kappa shape index (κ3) is 4.91. The predicted octanol–water partition coefficient (Wildman–Crippen LogP) is 12.3. The highest BCUT2D eigenvalue weighted by Crippen LogP contribution is 2.43. The summed E-state index contributed by atoms with van der Waals surface area (Å²) in [5.41, 5.74) is 22.2. The predicted molar refractivity (Wildman–Crippen MR) is 235 cm³/mol. The number of hydrogen-bond donors (Lipinski definition) is 2. The quantitative estimate of drug-likeness (QED) is 0.106. The number of aromatic nitrogens is 1. The van der Waals surface area contributed by atoms with E-state index in [4.69, 9.17) is 20.9 Å². The lowest BCUT2D eigenvalue weighted by atomic mass is 10.00. The van der Waals surface area contributed by atoms with E-state index in [9.17, 15) is 0 Å². The largest absolute Gasteiger partial charge is 0.455 e. The van der Waals surface area contributed by atoms with Crippen LogP contribution in [-0.2, 0) is 0 Å². The van der Waals surface area contributed by atoms with Crippen molar-refractivity contribution in [2.75, 3.05) is 0 Å². The zero-order valence-corrected chi connectivity index (χ0v) is 30.3. The summed E-state index contributed by atoms with van der Waals surface area (Å²) >= 11 is 0. The van der Waals surface area contributed by atoms with E-state index >= 15 is 0 Å². The molecule has 0 fully saturated rings. The van der Waals surface area contributed by atoms with Crippen LogP contribution in [0.2, 0.25) is 0 Å². The molecule has 9 aromatic carbocycles. The van der Waals surface area contributed by atoms with Crippen LogP contribution in [-0.4, -0.2) is 10.4 Å². The first-order valence-electron chi connectivity index (χ1n) is 18.8. The van der Waals surface area contributed by atoms with Crippen molar-refractivity contribution in [2.24, 2.45) is 16.5 Å². The van der Waals surface area contributed by atoms with Gasteiger partial charge in [-0.1, -0.05) is 146 Å². The molecular weight excluding hydrogens is 685 g/mol. The summed E-state index contributed by atoms with van der Waals surface area (Å²) in [6, 6.07) is 63.1. The molecule has 5 nitrogen and oxygen atoms in total. The van der Waals surface area contributed by atoms with Crippen molar-refractivity contribution in [2.45, 2.75) is 0 Å². The molecule has 0 spiro atoms. The zero-order chi connectivity index (χ0) is 37.3. The van der Waals surface area contributed by atoms with Gasteiger partial charge in [0, 0.05) is 43.9 Å². The standard InChI is InChI=1S/C51H34N4O/c52-48(49(33-15-3-1-4-16-33)54-51(53)34-17-5-2-6-18-34)42-30-37(29-41-40-27-35-19-7-8-20-36(35)28-45(40)56-50(41)42)55-43-25-23-31-13-9-11-21-38(31)46(43)47-39-22-12-10-14-32(39)24-26-44(47)55/h1-30H,52H2,(H2,53,54)/b49-48-. The fourth-order valence-electron chi connectivity index (χ4n) is 8.50. The van der Waals surface area contributed by atoms with Crippen LogP contribution in [0.1, 0.15) is 16.7 Å². The maximum absolute atomic E-state index is 7.43. The van der Waals surface area contributed by atoms with Crippen LogP contribution >= 0.6 is 0 Å². The van der Waals surface area contributed by atoms with Crippen molar-refractivity contribution < 1.29 is 4.42 Å². The molecule has 0 aliphatic rings. The second kappa shape index (κ2) is 12.5. The molecule has 264 valence electrons. The SMILES string of the molecule is N/C(=N\C(=C(/N)c1cc(-n2c3ccc4ccccc4c3c3c4ccccc4ccc32)cc2c1oc1cc3ccccc3cc12)c1ccccc1)c1ccccc1. The molecule has 2 aromatic heterocycles. The van der Waals surface area contributed by atoms with Crippen LogP contribution in [0, 0.1) is 0 Å². The molecule has 2 heterocycles. The van der Waals surface area contributed by atoms with Crippen LogP contribution in [0.5, 0.6) is 0 Å². The summed E-state index contributed by atoms with van der Waals surface area (Å²) in [5.74, 6) is 0.372. The van der Waals surface area contributed by atoms with Crippen molar-refractivity contribution in [1.29, 1.82) is 0 Å². The van der Waals surface area contributed by atoms with Gasteiger partial charge in [-0.05, 0) is 68.7 Å². The third-order valence-electron chi connectivity index (χ3n) is 11.1. The molecule has 0 radical (unpaired) electrons. The van der Waals surface area contributed by atoms with E-state index in [-0.39, 0.29) is 0 Å². The minimum absolute atomic E-state index is 0.372. The Bertz CT molecular complexity index is 3330. The number of nitrogens with two attached hydrogens (primary N) is 2. The second-order valence-corrected chi connectivity index (χ2v) is 14.4. The summed E-state index contributed by atoms with van der Waals surface area (Å²) in [4.78, 5) is 5.06. The Morgan fingerprint density at radius 1 is 0.464 bits per heavy atom. The Hall–Kier alpha value is -7.63. The molecule has 5 heteroatoms. The van der Waals surface area contributed by atoms with Gasteiger partial charge in [0.1, 0.15) is 17.0 Å². The summed E-state index contributed by atoms with van der Waals surface area (Å²) in [6.07, 6.45) is 0. The number of rotatable bonds is 5. The number of amidine groups is 1. The first kappa shape index (κ1) is 31.9. The normalized spacial score (nSPS) is 12.8. The lowest BCUT2D eigenvalue weighted by Crippen LogP contribution is -2.14. The van der Waals surface area contributed by atoms with Gasteiger partial charge in [-0.2, -0.15) is 0 Å². The van der Waals surface area contributed by atoms with Gasteiger partial charge in [0.15, 0.2) is 0 Å². The third-order valence-corrected chi connectivity index (χ3v) is 11.1. The summed E-state index contributed by atoms with van der Waals surface area (Å²) in [6.45, 7) is 0. The Labute approximate surface area is 322 Å². The molecule has 0 atom stereocenters. The fraction of sp³-hybridized carbons (Fsp3) is 0. The topological polar surface area (TPSA) is 82.5 Å². The average molecular weight is 719 g/mol. The van der Waals surface area contributed by atoms with Crippen molar-refractivity contribution >= 4 is 93.3 Å². The summed E-state index contributed by atoms with van der Waals surface area (Å²) < 4.78 is 9.23. The van der Waals surface area contributed by atoms with Crippen LogP contribution in [0.3, 0.4) is 0 Å². The highest BCUT2D eigenvalue weighted by molar-refractivity contribution is 6.28. The van der Waals surface area contributed by atoms with E-state index in [1.165, 1.54) is 32.3 Å². The monoisotopic (exact) mass is 718 g/mol. The van der Waals surface area contributed by atoms with Crippen molar-refractivity contribution in [3.63, 3.8) is 0 Å². The Kier molecular flexibility index (Phi) is 7.09. The molecule has 56 heavy (non-hydrogen) atoms. The Morgan fingerprint density at radius 2 is 1.00 bits per heavy atom. The van der Waals surface area contributed by atoms with Gasteiger partial charge in [-0.15, -0.1) is 0 Å². The molecule has 0 aliphatic carbocycles. The average Bonchev–Trinajstić information content (AvgIpc) is 3.80. The van der Waals surface area contributed by atoms with Crippen LogP contribution < -0.4 is 11.5 Å².